The second-order valence-corrected chi connectivity index (χ2v) is 16.5. The van der Waals surface area contributed by atoms with Crippen LogP contribution in [0.3, 0.4) is 0 Å². The van der Waals surface area contributed by atoms with Crippen molar-refractivity contribution in [1.82, 2.24) is 0 Å². The van der Waals surface area contributed by atoms with Gasteiger partial charge in [0, 0.05) is 12.8 Å². The van der Waals surface area contributed by atoms with Crippen molar-refractivity contribution in [3.05, 3.63) is 24.3 Å². The van der Waals surface area contributed by atoms with Crippen LogP contribution in [0.25, 0.3) is 0 Å². The van der Waals surface area contributed by atoms with Crippen molar-refractivity contribution in [3.8, 4) is 0 Å². The van der Waals surface area contributed by atoms with Crippen LogP contribution in [-0.4, -0.2) is 42.8 Å². The van der Waals surface area contributed by atoms with Crippen LogP contribution in [-0.2, 0) is 32.7 Å². The standard InChI is InChI=1S/C45H85O8P/c1-4-7-9-11-13-15-17-19-21-22-23-24-26-28-30-32-34-36-38-40-45(47)53-43(42-52-54(48,49)51-6-3)41-50-44(46)39-37-35-33-31-29-27-25-20-18-16-14-12-10-8-5-2/h19-21,25,43H,4-18,22-24,26-42H2,1-3H3,(H,48,49)/b21-19-,25-20-. The zero-order valence-electron chi connectivity index (χ0n) is 35.4. The Morgan fingerprint density at radius 3 is 1.22 bits per heavy atom. The van der Waals surface area contributed by atoms with E-state index >= 15 is 0 Å². The maximum atomic E-state index is 12.6. The van der Waals surface area contributed by atoms with Crippen molar-refractivity contribution in [2.45, 2.75) is 232 Å². The van der Waals surface area contributed by atoms with E-state index in [1.54, 1.807) is 6.92 Å². The Morgan fingerprint density at radius 1 is 0.481 bits per heavy atom. The molecule has 0 aromatic heterocycles. The van der Waals surface area contributed by atoms with Gasteiger partial charge in [0.25, 0.3) is 0 Å². The summed E-state index contributed by atoms with van der Waals surface area (Å²) in [6.07, 6.45) is 45.1. The largest absolute Gasteiger partial charge is 0.472 e. The number of esters is 2. The molecule has 1 N–H and O–H groups in total. The fourth-order valence-electron chi connectivity index (χ4n) is 6.38. The minimum Gasteiger partial charge on any atom is -0.462 e. The van der Waals surface area contributed by atoms with Crippen molar-refractivity contribution in [2.75, 3.05) is 19.8 Å². The average molecular weight is 785 g/mol. The molecule has 0 aliphatic carbocycles. The van der Waals surface area contributed by atoms with Crippen LogP contribution in [0.1, 0.15) is 226 Å². The van der Waals surface area contributed by atoms with Crippen molar-refractivity contribution in [2.24, 2.45) is 0 Å². The number of phosphoric acid groups is 1. The molecule has 54 heavy (non-hydrogen) atoms. The molecule has 0 saturated heterocycles. The van der Waals surface area contributed by atoms with E-state index in [1.165, 1.54) is 141 Å². The molecule has 0 saturated carbocycles. The van der Waals surface area contributed by atoms with Gasteiger partial charge >= 0.3 is 19.8 Å². The van der Waals surface area contributed by atoms with Crippen molar-refractivity contribution < 1.29 is 37.6 Å². The molecular weight excluding hydrogens is 699 g/mol. The maximum absolute atomic E-state index is 12.6. The number of hydrogen-bond donors (Lipinski definition) is 1. The van der Waals surface area contributed by atoms with Crippen LogP contribution in [0.4, 0.5) is 0 Å². The molecule has 0 aliphatic rings. The highest BCUT2D eigenvalue weighted by Crippen LogP contribution is 2.43. The summed E-state index contributed by atoms with van der Waals surface area (Å²) in [4.78, 5) is 34.8. The second-order valence-electron chi connectivity index (χ2n) is 15.1. The molecule has 0 bridgehead atoms. The number of hydrogen-bond acceptors (Lipinski definition) is 7. The number of carbonyl (C=O) groups excluding carboxylic acids is 2. The number of ether oxygens (including phenoxy) is 2. The van der Waals surface area contributed by atoms with Crippen LogP contribution in [0, 0.1) is 0 Å². The van der Waals surface area contributed by atoms with E-state index in [0.29, 0.717) is 6.42 Å². The molecule has 2 atom stereocenters. The highest BCUT2D eigenvalue weighted by molar-refractivity contribution is 7.47. The van der Waals surface area contributed by atoms with Gasteiger partial charge in [-0.1, -0.05) is 167 Å². The van der Waals surface area contributed by atoms with Gasteiger partial charge in [0.15, 0.2) is 6.10 Å². The van der Waals surface area contributed by atoms with E-state index in [4.69, 9.17) is 18.5 Å². The third-order valence-electron chi connectivity index (χ3n) is 9.73. The zero-order chi connectivity index (χ0) is 39.6. The van der Waals surface area contributed by atoms with Gasteiger partial charge in [0.1, 0.15) is 6.61 Å². The van der Waals surface area contributed by atoms with Crippen LogP contribution >= 0.6 is 7.82 Å². The molecule has 0 aliphatic heterocycles. The second kappa shape index (κ2) is 41.2. The first-order valence-electron chi connectivity index (χ1n) is 22.6. The Morgan fingerprint density at radius 2 is 0.833 bits per heavy atom. The molecule has 318 valence electrons. The maximum Gasteiger partial charge on any atom is 0.472 e. The lowest BCUT2D eigenvalue weighted by atomic mass is 10.1. The predicted molar refractivity (Wildman–Crippen MR) is 226 cm³/mol. The van der Waals surface area contributed by atoms with E-state index in [-0.39, 0.29) is 32.0 Å². The van der Waals surface area contributed by atoms with Crippen LogP contribution in [0.2, 0.25) is 0 Å². The highest BCUT2D eigenvalue weighted by Gasteiger charge is 2.25. The Hall–Kier alpha value is -1.47. The topological polar surface area (TPSA) is 108 Å². The first kappa shape index (κ1) is 52.5. The van der Waals surface area contributed by atoms with Gasteiger partial charge in [-0.3, -0.25) is 18.6 Å². The molecule has 0 radical (unpaired) electrons. The Bertz CT molecular complexity index is 937. The summed E-state index contributed by atoms with van der Waals surface area (Å²) < 4.78 is 32.7. The summed E-state index contributed by atoms with van der Waals surface area (Å²) >= 11 is 0. The smallest absolute Gasteiger partial charge is 0.462 e. The molecule has 0 amide bonds. The first-order chi connectivity index (χ1) is 26.3. The third kappa shape index (κ3) is 40.2. The van der Waals surface area contributed by atoms with Crippen molar-refractivity contribution in [3.63, 3.8) is 0 Å². The monoisotopic (exact) mass is 785 g/mol. The number of unbranched alkanes of at least 4 members (excludes halogenated alkanes) is 26. The van der Waals surface area contributed by atoms with Crippen molar-refractivity contribution in [1.29, 1.82) is 0 Å². The summed E-state index contributed by atoms with van der Waals surface area (Å²) in [6, 6.07) is 0. The summed E-state index contributed by atoms with van der Waals surface area (Å²) in [5, 5.41) is 0. The molecule has 0 aromatic carbocycles. The lowest BCUT2D eigenvalue weighted by molar-refractivity contribution is -0.161. The first-order valence-corrected chi connectivity index (χ1v) is 24.1. The fourth-order valence-corrected chi connectivity index (χ4v) is 7.14. The summed E-state index contributed by atoms with van der Waals surface area (Å²) in [7, 11) is -4.28. The number of phosphoric ester groups is 1. The number of carbonyl (C=O) groups is 2. The Labute approximate surface area is 333 Å². The molecule has 0 fully saturated rings. The highest BCUT2D eigenvalue weighted by atomic mass is 31.2. The van der Waals surface area contributed by atoms with Gasteiger partial charge in [0.2, 0.25) is 0 Å². The minimum atomic E-state index is -4.28. The van der Waals surface area contributed by atoms with Gasteiger partial charge in [0.05, 0.1) is 13.2 Å². The quantitative estimate of drug-likeness (QED) is 0.0282. The average Bonchev–Trinajstić information content (AvgIpc) is 3.15. The minimum absolute atomic E-state index is 0.000170. The SMILES string of the molecule is CCCCCCCC/C=C\CCCCCCCCCCCC(=O)OC(COC(=O)CCCCCCC/C=C\CCCCCCCC)COP(=O)(O)OCC. The van der Waals surface area contributed by atoms with E-state index in [9.17, 15) is 19.0 Å². The van der Waals surface area contributed by atoms with Crippen LogP contribution in [0.5, 0.6) is 0 Å². The summed E-state index contributed by atoms with van der Waals surface area (Å²) in [6.45, 7) is 5.48. The van der Waals surface area contributed by atoms with Gasteiger partial charge in [-0.15, -0.1) is 0 Å². The number of rotatable bonds is 42. The summed E-state index contributed by atoms with van der Waals surface area (Å²) in [5.74, 6) is -0.802. The molecule has 2 unspecified atom stereocenters. The number of allylic oxidation sites excluding steroid dienone is 4. The lowest BCUT2D eigenvalue weighted by Gasteiger charge is -2.19. The Balaban J connectivity index is 4.05. The normalized spacial score (nSPS) is 13.5. The van der Waals surface area contributed by atoms with E-state index in [0.717, 1.165) is 44.9 Å². The Kier molecular flexibility index (Phi) is 40.1. The summed E-state index contributed by atoms with van der Waals surface area (Å²) in [5.41, 5.74) is 0. The van der Waals surface area contributed by atoms with Crippen LogP contribution in [0.15, 0.2) is 24.3 Å². The van der Waals surface area contributed by atoms with Gasteiger partial charge < -0.3 is 14.4 Å². The molecule has 0 spiro atoms. The van der Waals surface area contributed by atoms with E-state index in [2.05, 4.69) is 38.2 Å². The van der Waals surface area contributed by atoms with Crippen molar-refractivity contribution >= 4 is 19.8 Å². The third-order valence-corrected chi connectivity index (χ3v) is 10.8. The molecule has 0 heterocycles. The molecule has 8 nitrogen and oxygen atoms in total. The van der Waals surface area contributed by atoms with Gasteiger partial charge in [-0.25, -0.2) is 4.57 Å². The molecular formula is C45H85O8P. The predicted octanol–water partition coefficient (Wildman–Crippen LogP) is 14.2. The van der Waals surface area contributed by atoms with E-state index < -0.39 is 26.5 Å². The van der Waals surface area contributed by atoms with Crippen LogP contribution < -0.4 is 0 Å². The van der Waals surface area contributed by atoms with Gasteiger partial charge in [-0.05, 0) is 71.1 Å². The molecule has 9 heteroatoms. The lowest BCUT2D eigenvalue weighted by Crippen LogP contribution is -2.29. The molecule has 0 aromatic rings. The molecule has 0 rings (SSSR count). The fraction of sp³-hybridized carbons (Fsp3) is 0.867. The van der Waals surface area contributed by atoms with E-state index in [1.807, 2.05) is 0 Å². The zero-order valence-corrected chi connectivity index (χ0v) is 36.3. The van der Waals surface area contributed by atoms with Gasteiger partial charge in [-0.2, -0.15) is 0 Å².